The Balaban J connectivity index is 1.98. The van der Waals surface area contributed by atoms with Gasteiger partial charge in [-0.05, 0) is 55.0 Å². The van der Waals surface area contributed by atoms with Crippen LogP contribution in [0.5, 0.6) is 0 Å². The number of nitrogens with one attached hydrogen (secondary N) is 1. The summed E-state index contributed by atoms with van der Waals surface area (Å²) in [5, 5.41) is 27.9. The Labute approximate surface area is 196 Å². The Morgan fingerprint density at radius 1 is 1.15 bits per heavy atom. The highest BCUT2D eigenvalue weighted by Crippen LogP contribution is 2.45. The van der Waals surface area contributed by atoms with Crippen molar-refractivity contribution in [3.63, 3.8) is 0 Å². The van der Waals surface area contributed by atoms with Crippen molar-refractivity contribution in [1.29, 1.82) is 0 Å². The van der Waals surface area contributed by atoms with E-state index < -0.39 is 35.5 Å². The summed E-state index contributed by atoms with van der Waals surface area (Å²) < 4.78 is 47.7. The van der Waals surface area contributed by atoms with Crippen LogP contribution in [-0.4, -0.2) is 33.4 Å². The molecule has 33 heavy (non-hydrogen) atoms. The topological polar surface area (TPSA) is 95.6 Å². The first kappa shape index (κ1) is 25.2. The van der Waals surface area contributed by atoms with Crippen LogP contribution in [0.3, 0.4) is 0 Å². The van der Waals surface area contributed by atoms with E-state index in [1.54, 1.807) is 32.9 Å². The fourth-order valence-electron chi connectivity index (χ4n) is 3.89. The number of hydrogen-bond donors (Lipinski definition) is 3. The van der Waals surface area contributed by atoms with Gasteiger partial charge in [-0.15, -0.1) is 0 Å². The van der Waals surface area contributed by atoms with E-state index >= 15 is 0 Å². The zero-order valence-corrected chi connectivity index (χ0v) is 20.0. The van der Waals surface area contributed by atoms with Gasteiger partial charge in [-0.1, -0.05) is 53.1 Å². The number of aliphatic hydroxyl groups is 2. The number of nitrogens with zero attached hydrogens (tertiary/aromatic N) is 1. The second kappa shape index (κ2) is 8.73. The van der Waals surface area contributed by atoms with Crippen molar-refractivity contribution < 1.29 is 27.9 Å². The van der Waals surface area contributed by atoms with Crippen LogP contribution in [0.15, 0.2) is 50.2 Å². The van der Waals surface area contributed by atoms with Crippen molar-refractivity contribution in [1.82, 2.24) is 5.16 Å². The minimum Gasteiger partial charge on any atom is -0.377 e. The average Bonchev–Trinajstić information content (AvgIpc) is 2.71. The molecule has 0 amide bonds. The third-order valence-corrected chi connectivity index (χ3v) is 6.83. The van der Waals surface area contributed by atoms with Crippen LogP contribution in [0.1, 0.15) is 37.1 Å². The largest absolute Gasteiger partial charge is 0.421 e. The summed E-state index contributed by atoms with van der Waals surface area (Å²) in [7, 11) is 0. The van der Waals surface area contributed by atoms with Gasteiger partial charge < -0.3 is 20.1 Å². The van der Waals surface area contributed by atoms with E-state index in [0.717, 1.165) is 5.56 Å². The van der Waals surface area contributed by atoms with Crippen LogP contribution < -0.4 is 10.9 Å². The monoisotopic (exact) mass is 528 g/mol. The number of aryl methyl sites for hydroxylation is 2. The van der Waals surface area contributed by atoms with Crippen molar-refractivity contribution in [2.75, 3.05) is 5.32 Å². The van der Waals surface area contributed by atoms with E-state index in [1.165, 1.54) is 18.2 Å². The molecule has 3 rings (SSSR count). The first-order valence-corrected chi connectivity index (χ1v) is 10.9. The second-order valence-electron chi connectivity index (χ2n) is 8.78. The molecule has 0 aliphatic carbocycles. The fourth-order valence-corrected chi connectivity index (χ4v) is 4.69. The van der Waals surface area contributed by atoms with E-state index in [0.29, 0.717) is 21.1 Å². The third-order valence-electron chi connectivity index (χ3n) is 5.77. The first-order valence-electron chi connectivity index (χ1n) is 10.1. The summed E-state index contributed by atoms with van der Waals surface area (Å²) in [5.41, 5.74) is -3.53. The second-order valence-corrected chi connectivity index (χ2v) is 9.57. The molecular formula is C23H24BrF3N2O4. The molecule has 10 heteroatoms. The zero-order chi connectivity index (χ0) is 24.8. The molecule has 2 aromatic carbocycles. The molecule has 0 aliphatic rings. The molecule has 2 atom stereocenters. The minimum absolute atomic E-state index is 0.0720. The van der Waals surface area contributed by atoms with Crippen molar-refractivity contribution in [3.05, 3.63) is 68.1 Å². The highest BCUT2D eigenvalue weighted by molar-refractivity contribution is 9.10. The number of rotatable bonds is 6. The van der Waals surface area contributed by atoms with Gasteiger partial charge in [-0.25, -0.2) is 4.79 Å². The summed E-state index contributed by atoms with van der Waals surface area (Å²) in [6, 6.07) is 9.26. The lowest BCUT2D eigenvalue weighted by Gasteiger charge is -2.41. The summed E-state index contributed by atoms with van der Waals surface area (Å²) >= 11 is 3.42. The van der Waals surface area contributed by atoms with Crippen LogP contribution in [0.25, 0.3) is 10.8 Å². The lowest BCUT2D eigenvalue weighted by Crippen LogP contribution is -2.59. The van der Waals surface area contributed by atoms with Crippen LogP contribution in [0.2, 0.25) is 0 Å². The Morgan fingerprint density at radius 2 is 1.82 bits per heavy atom. The molecule has 0 aliphatic heterocycles. The number of fused-ring (bicyclic) bond motifs is 1. The third kappa shape index (κ3) is 4.78. The standard InChI is InChI=1S/C23H24BrF3N2O4/c1-12-6-5-7-17(18(12)24)21(3,4)11-22(32,23(25,26)27)20(31)28-14-8-9-15-16(10-14)13(2)29-33-19(15)30/h5-10,20,28,31-32H,11H2,1-4H3. The number of halogens is 4. The van der Waals surface area contributed by atoms with Crippen molar-refractivity contribution in [2.45, 2.75) is 57.5 Å². The van der Waals surface area contributed by atoms with Crippen molar-refractivity contribution in [3.8, 4) is 0 Å². The predicted molar refractivity (Wildman–Crippen MR) is 122 cm³/mol. The van der Waals surface area contributed by atoms with Gasteiger partial charge in [0.05, 0.1) is 11.1 Å². The van der Waals surface area contributed by atoms with Gasteiger partial charge in [0.2, 0.25) is 5.60 Å². The number of aromatic nitrogens is 1. The normalized spacial score (nSPS) is 15.3. The van der Waals surface area contributed by atoms with E-state index in [-0.39, 0.29) is 11.1 Å². The molecule has 6 nitrogen and oxygen atoms in total. The Hall–Kier alpha value is -2.43. The number of alkyl halides is 3. The number of benzene rings is 2. The SMILES string of the molecule is Cc1cccc(C(C)(C)CC(O)(C(O)Nc2ccc3c(=O)onc(C)c3c2)C(F)(F)F)c1Br. The lowest BCUT2D eigenvalue weighted by molar-refractivity contribution is -0.292. The highest BCUT2D eigenvalue weighted by Gasteiger charge is 2.60. The van der Waals surface area contributed by atoms with Crippen molar-refractivity contribution >= 4 is 32.4 Å². The van der Waals surface area contributed by atoms with Gasteiger partial charge in [-0.3, -0.25) is 0 Å². The molecule has 0 radical (unpaired) electrons. The molecule has 0 spiro atoms. The number of aliphatic hydroxyl groups excluding tert-OH is 1. The molecule has 2 unspecified atom stereocenters. The molecule has 3 aromatic rings. The molecule has 1 aromatic heterocycles. The van der Waals surface area contributed by atoms with E-state index in [1.807, 2.05) is 13.0 Å². The predicted octanol–water partition coefficient (Wildman–Crippen LogP) is 4.96. The molecule has 178 valence electrons. The molecule has 0 saturated heterocycles. The van der Waals surface area contributed by atoms with Gasteiger partial charge in [-0.2, -0.15) is 13.2 Å². The molecule has 1 heterocycles. The van der Waals surface area contributed by atoms with Gasteiger partial charge in [0.15, 0.2) is 6.23 Å². The molecule has 3 N–H and O–H groups in total. The summed E-state index contributed by atoms with van der Waals surface area (Å²) in [5.74, 6) is 0. The maximum Gasteiger partial charge on any atom is 0.421 e. The van der Waals surface area contributed by atoms with E-state index in [9.17, 15) is 28.2 Å². The highest BCUT2D eigenvalue weighted by atomic mass is 79.9. The summed E-state index contributed by atoms with van der Waals surface area (Å²) in [6.07, 6.45) is -8.37. The molecule has 0 saturated carbocycles. The van der Waals surface area contributed by atoms with Crippen LogP contribution >= 0.6 is 15.9 Å². The van der Waals surface area contributed by atoms with Crippen LogP contribution in [-0.2, 0) is 5.41 Å². The maximum absolute atomic E-state index is 14.1. The Kier molecular flexibility index (Phi) is 6.67. The minimum atomic E-state index is -5.15. The Morgan fingerprint density at radius 3 is 2.45 bits per heavy atom. The molecule has 0 fully saturated rings. The fraction of sp³-hybridized carbons (Fsp3) is 0.391. The average molecular weight is 529 g/mol. The lowest BCUT2D eigenvalue weighted by atomic mass is 9.74. The van der Waals surface area contributed by atoms with Crippen LogP contribution in [0.4, 0.5) is 18.9 Å². The summed E-state index contributed by atoms with van der Waals surface area (Å²) in [4.78, 5) is 11.8. The maximum atomic E-state index is 14.1. The quantitative estimate of drug-likeness (QED) is 0.391. The molecular weight excluding hydrogens is 505 g/mol. The molecule has 0 bridgehead atoms. The number of anilines is 1. The van der Waals surface area contributed by atoms with Gasteiger partial charge >= 0.3 is 11.8 Å². The van der Waals surface area contributed by atoms with Crippen LogP contribution in [0, 0.1) is 13.8 Å². The van der Waals surface area contributed by atoms with Gasteiger partial charge in [0.1, 0.15) is 0 Å². The Bertz CT molecular complexity index is 1240. The van der Waals surface area contributed by atoms with E-state index in [4.69, 9.17) is 0 Å². The van der Waals surface area contributed by atoms with Crippen molar-refractivity contribution in [2.24, 2.45) is 0 Å². The summed E-state index contributed by atoms with van der Waals surface area (Å²) in [6.45, 7) is 6.52. The first-order chi connectivity index (χ1) is 15.2. The van der Waals surface area contributed by atoms with Gasteiger partial charge in [0, 0.05) is 15.5 Å². The van der Waals surface area contributed by atoms with E-state index in [2.05, 4.69) is 30.9 Å². The van der Waals surface area contributed by atoms with Gasteiger partial charge in [0.25, 0.3) is 0 Å². The smallest absolute Gasteiger partial charge is 0.377 e. The number of hydrogen-bond acceptors (Lipinski definition) is 6. The zero-order valence-electron chi connectivity index (χ0n) is 18.4.